The summed E-state index contributed by atoms with van der Waals surface area (Å²) in [7, 11) is 0. The molecule has 130 valence electrons. The zero-order valence-corrected chi connectivity index (χ0v) is 14.1. The lowest BCUT2D eigenvalue weighted by molar-refractivity contribution is -0.134. The highest BCUT2D eigenvalue weighted by Crippen LogP contribution is 2.12. The molecular weight excluding hydrogens is 308 g/mol. The van der Waals surface area contributed by atoms with Gasteiger partial charge in [-0.25, -0.2) is 4.98 Å². The van der Waals surface area contributed by atoms with Crippen LogP contribution in [0.1, 0.15) is 37.0 Å². The van der Waals surface area contributed by atoms with Crippen LogP contribution >= 0.6 is 0 Å². The van der Waals surface area contributed by atoms with Crippen LogP contribution in [-0.2, 0) is 4.79 Å². The third-order valence-electron chi connectivity index (χ3n) is 3.77. The molecule has 0 saturated heterocycles. The number of aromatic amines is 1. The number of rotatable bonds is 8. The lowest BCUT2D eigenvalue weighted by Gasteiger charge is -2.26. The van der Waals surface area contributed by atoms with Crippen molar-refractivity contribution in [2.75, 3.05) is 19.7 Å². The number of fused-ring (bicyclic) bond motifs is 1. The molecule has 3 N–H and O–H groups in total. The zero-order chi connectivity index (χ0) is 17.5. The lowest BCUT2D eigenvalue weighted by atomic mass is 10.1. The number of aromatic nitrogens is 2. The number of H-pyrrole nitrogens is 1. The molecule has 7 nitrogen and oxygen atoms in total. The minimum Gasteiger partial charge on any atom is -0.394 e. The van der Waals surface area contributed by atoms with Crippen LogP contribution in [-0.4, -0.2) is 57.5 Å². The number of nitrogens with one attached hydrogen (secondary N) is 2. The summed E-state index contributed by atoms with van der Waals surface area (Å²) in [5.41, 5.74) is 1.92. The topological polar surface area (TPSA) is 98.3 Å². The van der Waals surface area contributed by atoms with Gasteiger partial charge in [-0.15, -0.1) is 0 Å². The van der Waals surface area contributed by atoms with Crippen molar-refractivity contribution in [3.8, 4) is 0 Å². The molecule has 1 unspecified atom stereocenters. The summed E-state index contributed by atoms with van der Waals surface area (Å²) in [4.78, 5) is 33.6. The smallest absolute Gasteiger partial charge is 0.252 e. The maximum Gasteiger partial charge on any atom is 0.252 e. The molecule has 0 aliphatic rings. The van der Waals surface area contributed by atoms with E-state index < -0.39 is 18.6 Å². The van der Waals surface area contributed by atoms with E-state index in [0.717, 1.165) is 23.9 Å². The van der Waals surface area contributed by atoms with Gasteiger partial charge in [0.1, 0.15) is 6.04 Å². The molecular formula is C17H24N4O3. The second kappa shape index (κ2) is 8.44. The van der Waals surface area contributed by atoms with Gasteiger partial charge >= 0.3 is 0 Å². The summed E-state index contributed by atoms with van der Waals surface area (Å²) in [5.74, 6) is -0.649. The Morgan fingerprint density at radius 2 is 2.00 bits per heavy atom. The highest BCUT2D eigenvalue weighted by molar-refractivity contribution is 5.99. The van der Waals surface area contributed by atoms with Crippen molar-refractivity contribution in [3.05, 3.63) is 30.1 Å². The molecule has 1 aromatic heterocycles. The number of carbonyl (C=O) groups excluding carboxylic acids is 2. The van der Waals surface area contributed by atoms with Crippen molar-refractivity contribution < 1.29 is 14.7 Å². The SMILES string of the molecule is CCCN(CCC)C(=O)C(CO)NC(=O)c1ccc2nc[nH]c2c1. The Kier molecular flexibility index (Phi) is 6.31. The van der Waals surface area contributed by atoms with Crippen LogP contribution in [0.5, 0.6) is 0 Å². The number of hydrogen-bond acceptors (Lipinski definition) is 4. The molecule has 7 heteroatoms. The standard InChI is InChI=1S/C17H24N4O3/c1-3-7-21(8-4-2)17(24)15(10-22)20-16(23)12-5-6-13-14(9-12)19-11-18-13/h5-6,9,11,15,22H,3-4,7-8,10H2,1-2H3,(H,18,19)(H,20,23). The van der Waals surface area contributed by atoms with Crippen molar-refractivity contribution in [1.29, 1.82) is 0 Å². The zero-order valence-electron chi connectivity index (χ0n) is 14.1. The molecule has 2 amide bonds. The van der Waals surface area contributed by atoms with E-state index in [2.05, 4.69) is 15.3 Å². The average molecular weight is 332 g/mol. The minimum absolute atomic E-state index is 0.253. The second-order valence-corrected chi connectivity index (χ2v) is 5.67. The summed E-state index contributed by atoms with van der Waals surface area (Å²) < 4.78 is 0. The maximum absolute atomic E-state index is 12.5. The highest BCUT2D eigenvalue weighted by atomic mass is 16.3. The summed E-state index contributed by atoms with van der Waals surface area (Å²) in [6.45, 7) is 4.77. The molecule has 0 fully saturated rings. The maximum atomic E-state index is 12.5. The Balaban J connectivity index is 2.09. The second-order valence-electron chi connectivity index (χ2n) is 5.67. The van der Waals surface area contributed by atoms with Crippen LogP contribution in [0.15, 0.2) is 24.5 Å². The third kappa shape index (κ3) is 4.11. The quantitative estimate of drug-likeness (QED) is 0.678. The number of imidazole rings is 1. The largest absolute Gasteiger partial charge is 0.394 e. The summed E-state index contributed by atoms with van der Waals surface area (Å²) >= 11 is 0. The van der Waals surface area contributed by atoms with E-state index in [9.17, 15) is 14.7 Å². The molecule has 0 aliphatic carbocycles. The average Bonchev–Trinajstić information content (AvgIpc) is 3.06. The third-order valence-corrected chi connectivity index (χ3v) is 3.77. The fourth-order valence-corrected chi connectivity index (χ4v) is 2.60. The predicted octanol–water partition coefficient (Wildman–Crippen LogP) is 1.30. The van der Waals surface area contributed by atoms with E-state index >= 15 is 0 Å². The van der Waals surface area contributed by atoms with Gasteiger partial charge in [-0.05, 0) is 31.0 Å². The number of nitrogens with zero attached hydrogens (tertiary/aromatic N) is 2. The molecule has 0 bridgehead atoms. The van der Waals surface area contributed by atoms with E-state index in [4.69, 9.17) is 0 Å². The first kappa shape index (κ1) is 17.9. The molecule has 0 saturated carbocycles. The van der Waals surface area contributed by atoms with E-state index in [-0.39, 0.29) is 5.91 Å². The molecule has 1 atom stereocenters. The normalized spacial score (nSPS) is 12.1. The van der Waals surface area contributed by atoms with Crippen LogP contribution in [0.25, 0.3) is 11.0 Å². The Morgan fingerprint density at radius 1 is 1.29 bits per heavy atom. The number of carbonyl (C=O) groups is 2. The number of amides is 2. The Labute approximate surface area is 141 Å². The fraction of sp³-hybridized carbons (Fsp3) is 0.471. The summed E-state index contributed by atoms with van der Waals surface area (Å²) in [6.07, 6.45) is 3.21. The van der Waals surface area contributed by atoms with Gasteiger partial charge in [-0.3, -0.25) is 9.59 Å². The number of benzene rings is 1. The van der Waals surface area contributed by atoms with Gasteiger partial charge < -0.3 is 20.3 Å². The number of aliphatic hydroxyl groups is 1. The number of aliphatic hydroxyl groups excluding tert-OH is 1. The van der Waals surface area contributed by atoms with Crippen molar-refractivity contribution in [2.45, 2.75) is 32.7 Å². The predicted molar refractivity (Wildman–Crippen MR) is 91.6 cm³/mol. The Morgan fingerprint density at radius 3 is 2.62 bits per heavy atom. The molecule has 1 aromatic carbocycles. The number of hydrogen-bond donors (Lipinski definition) is 3. The molecule has 1 heterocycles. The minimum atomic E-state index is -0.937. The van der Waals surface area contributed by atoms with E-state index in [0.29, 0.717) is 18.7 Å². The van der Waals surface area contributed by atoms with Gasteiger partial charge in [0.15, 0.2) is 0 Å². The van der Waals surface area contributed by atoms with E-state index in [1.807, 2.05) is 13.8 Å². The first-order valence-corrected chi connectivity index (χ1v) is 8.24. The van der Waals surface area contributed by atoms with Gasteiger partial charge in [0, 0.05) is 18.7 Å². The van der Waals surface area contributed by atoms with Gasteiger partial charge in [-0.1, -0.05) is 13.8 Å². The van der Waals surface area contributed by atoms with Gasteiger partial charge in [0.2, 0.25) is 5.91 Å². The summed E-state index contributed by atoms with van der Waals surface area (Å²) in [5, 5.41) is 12.2. The van der Waals surface area contributed by atoms with Crippen molar-refractivity contribution in [2.24, 2.45) is 0 Å². The molecule has 2 aromatic rings. The van der Waals surface area contributed by atoms with Crippen molar-refractivity contribution >= 4 is 22.8 Å². The van der Waals surface area contributed by atoms with Crippen LogP contribution in [0.2, 0.25) is 0 Å². The van der Waals surface area contributed by atoms with Crippen molar-refractivity contribution in [3.63, 3.8) is 0 Å². The molecule has 0 aliphatic heterocycles. The van der Waals surface area contributed by atoms with Gasteiger partial charge in [0.25, 0.3) is 5.91 Å². The van der Waals surface area contributed by atoms with Crippen molar-refractivity contribution in [1.82, 2.24) is 20.2 Å². The van der Waals surface area contributed by atoms with Crippen LogP contribution in [0.4, 0.5) is 0 Å². The van der Waals surface area contributed by atoms with Crippen LogP contribution in [0, 0.1) is 0 Å². The fourth-order valence-electron chi connectivity index (χ4n) is 2.60. The monoisotopic (exact) mass is 332 g/mol. The van der Waals surface area contributed by atoms with E-state index in [1.165, 1.54) is 0 Å². The first-order chi connectivity index (χ1) is 11.6. The van der Waals surface area contributed by atoms with E-state index in [1.54, 1.807) is 29.4 Å². The first-order valence-electron chi connectivity index (χ1n) is 8.24. The Bertz CT molecular complexity index is 692. The van der Waals surface area contributed by atoms with Gasteiger partial charge in [0.05, 0.1) is 24.0 Å². The molecule has 0 radical (unpaired) electrons. The van der Waals surface area contributed by atoms with Crippen LogP contribution < -0.4 is 5.32 Å². The molecule has 24 heavy (non-hydrogen) atoms. The highest BCUT2D eigenvalue weighted by Gasteiger charge is 2.25. The van der Waals surface area contributed by atoms with Gasteiger partial charge in [-0.2, -0.15) is 0 Å². The summed E-state index contributed by atoms with van der Waals surface area (Å²) in [6, 6.07) is 4.12. The van der Waals surface area contributed by atoms with Crippen LogP contribution in [0.3, 0.4) is 0 Å². The molecule has 2 rings (SSSR count). The lowest BCUT2D eigenvalue weighted by Crippen LogP contribution is -2.51. The Hall–Kier alpha value is -2.41. The molecule has 0 spiro atoms.